The summed E-state index contributed by atoms with van der Waals surface area (Å²) in [6, 6.07) is 6.69. The van der Waals surface area contributed by atoms with E-state index in [-0.39, 0.29) is 18.3 Å². The van der Waals surface area contributed by atoms with Gasteiger partial charge in [-0.3, -0.25) is 0 Å². The Labute approximate surface area is 145 Å². The lowest BCUT2D eigenvalue weighted by molar-refractivity contribution is 0.269. The van der Waals surface area contributed by atoms with E-state index >= 15 is 0 Å². The molecule has 1 unspecified atom stereocenters. The molecular formula is C16H27ClN2O3S. The molecule has 2 N–H and O–H groups in total. The molecule has 132 valence electrons. The van der Waals surface area contributed by atoms with E-state index in [1.807, 2.05) is 0 Å². The Morgan fingerprint density at radius 3 is 2.52 bits per heavy atom. The van der Waals surface area contributed by atoms with Gasteiger partial charge in [0.1, 0.15) is 5.75 Å². The number of benzene rings is 1. The molecule has 1 aliphatic rings. The zero-order chi connectivity index (χ0) is 16.2. The van der Waals surface area contributed by atoms with Crippen LogP contribution in [0.25, 0.3) is 0 Å². The van der Waals surface area contributed by atoms with Gasteiger partial charge in [-0.2, -0.15) is 4.31 Å². The molecule has 1 aromatic rings. The summed E-state index contributed by atoms with van der Waals surface area (Å²) in [5.41, 5.74) is 5.69. The summed E-state index contributed by atoms with van der Waals surface area (Å²) in [6.45, 7) is 6.39. The summed E-state index contributed by atoms with van der Waals surface area (Å²) >= 11 is 0. The predicted octanol–water partition coefficient (Wildman–Crippen LogP) is 2.50. The van der Waals surface area contributed by atoms with E-state index in [9.17, 15) is 8.42 Å². The lowest BCUT2D eigenvalue weighted by Crippen LogP contribution is -2.41. The van der Waals surface area contributed by atoms with Gasteiger partial charge >= 0.3 is 0 Å². The van der Waals surface area contributed by atoms with E-state index in [0.717, 1.165) is 12.8 Å². The molecule has 7 heteroatoms. The van der Waals surface area contributed by atoms with E-state index in [0.29, 0.717) is 42.8 Å². The average Bonchev–Trinajstić information content (AvgIpc) is 2.53. The minimum Gasteiger partial charge on any atom is -0.493 e. The third-order valence-corrected chi connectivity index (χ3v) is 5.74. The molecule has 0 spiro atoms. The zero-order valence-corrected chi connectivity index (χ0v) is 15.4. The number of piperidine rings is 1. The topological polar surface area (TPSA) is 72.6 Å². The van der Waals surface area contributed by atoms with Crippen LogP contribution in [0.2, 0.25) is 0 Å². The second-order valence-corrected chi connectivity index (χ2v) is 8.22. The Kier molecular flexibility index (Phi) is 7.80. The van der Waals surface area contributed by atoms with Gasteiger partial charge in [0.15, 0.2) is 0 Å². The van der Waals surface area contributed by atoms with E-state index in [4.69, 9.17) is 10.5 Å². The summed E-state index contributed by atoms with van der Waals surface area (Å²) in [4.78, 5) is 0.321. The monoisotopic (exact) mass is 362 g/mol. The molecule has 1 heterocycles. The molecular weight excluding hydrogens is 336 g/mol. The second kappa shape index (κ2) is 8.87. The summed E-state index contributed by atoms with van der Waals surface area (Å²) in [6.07, 6.45) is 1.88. The number of nitrogens with zero attached hydrogens (tertiary/aromatic N) is 1. The van der Waals surface area contributed by atoms with Gasteiger partial charge in [0, 0.05) is 13.1 Å². The molecule has 1 atom stereocenters. The Balaban J connectivity index is 0.00000264. The standard InChI is InChI=1S/C16H26N2O3S.ClH/c1-13(2)12-21-15-5-7-16(8-6-15)22(19,20)18-9-3-4-14(10-17)11-18;/h5-8,13-14H,3-4,9-12,17H2,1-2H3;1H. The number of halogens is 1. The van der Waals surface area contributed by atoms with Crippen molar-refractivity contribution in [2.45, 2.75) is 31.6 Å². The number of ether oxygens (including phenoxy) is 1. The van der Waals surface area contributed by atoms with Crippen LogP contribution in [0.4, 0.5) is 0 Å². The number of nitrogens with two attached hydrogens (primary N) is 1. The van der Waals surface area contributed by atoms with Crippen LogP contribution < -0.4 is 10.5 Å². The first-order valence-corrected chi connectivity index (χ1v) is 9.30. The van der Waals surface area contributed by atoms with Crippen molar-refractivity contribution in [2.24, 2.45) is 17.6 Å². The van der Waals surface area contributed by atoms with Gasteiger partial charge in [-0.15, -0.1) is 12.4 Å². The quantitative estimate of drug-likeness (QED) is 0.843. The Bertz CT molecular complexity index is 575. The molecule has 0 radical (unpaired) electrons. The van der Waals surface area contributed by atoms with Crippen LogP contribution in [0.1, 0.15) is 26.7 Å². The molecule has 0 amide bonds. The molecule has 0 saturated carbocycles. The number of sulfonamides is 1. The molecule has 0 bridgehead atoms. The minimum absolute atomic E-state index is 0. The van der Waals surface area contributed by atoms with Crippen LogP contribution in [-0.4, -0.2) is 39.0 Å². The number of hydrogen-bond donors (Lipinski definition) is 1. The fraction of sp³-hybridized carbons (Fsp3) is 0.625. The van der Waals surface area contributed by atoms with Crippen LogP contribution in [0.3, 0.4) is 0 Å². The normalized spacial score (nSPS) is 19.4. The highest BCUT2D eigenvalue weighted by atomic mass is 35.5. The largest absolute Gasteiger partial charge is 0.493 e. The van der Waals surface area contributed by atoms with Gasteiger partial charge in [0.05, 0.1) is 11.5 Å². The van der Waals surface area contributed by atoms with Gasteiger partial charge < -0.3 is 10.5 Å². The number of hydrogen-bond acceptors (Lipinski definition) is 4. The van der Waals surface area contributed by atoms with Crippen LogP contribution >= 0.6 is 12.4 Å². The fourth-order valence-corrected chi connectivity index (χ4v) is 4.11. The maximum atomic E-state index is 12.7. The van der Waals surface area contributed by atoms with Crippen molar-refractivity contribution in [3.8, 4) is 5.75 Å². The Morgan fingerprint density at radius 2 is 1.96 bits per heavy atom. The predicted molar refractivity (Wildman–Crippen MR) is 94.6 cm³/mol. The third-order valence-electron chi connectivity index (χ3n) is 3.86. The zero-order valence-electron chi connectivity index (χ0n) is 13.8. The molecule has 1 aliphatic heterocycles. The maximum absolute atomic E-state index is 12.7. The molecule has 0 aliphatic carbocycles. The van der Waals surface area contributed by atoms with Crippen LogP contribution in [0.5, 0.6) is 5.75 Å². The van der Waals surface area contributed by atoms with E-state index in [1.165, 1.54) is 0 Å². The van der Waals surface area contributed by atoms with Crippen molar-refractivity contribution in [1.82, 2.24) is 4.31 Å². The molecule has 5 nitrogen and oxygen atoms in total. The molecule has 0 aromatic heterocycles. The van der Waals surface area contributed by atoms with Crippen molar-refractivity contribution in [1.29, 1.82) is 0 Å². The highest BCUT2D eigenvalue weighted by Crippen LogP contribution is 2.24. The van der Waals surface area contributed by atoms with Crippen LogP contribution in [-0.2, 0) is 10.0 Å². The Hall–Kier alpha value is -0.820. The van der Waals surface area contributed by atoms with Crippen molar-refractivity contribution < 1.29 is 13.2 Å². The number of rotatable bonds is 6. The fourth-order valence-electron chi connectivity index (χ4n) is 2.56. The first-order chi connectivity index (χ1) is 10.4. The lowest BCUT2D eigenvalue weighted by atomic mass is 10.0. The second-order valence-electron chi connectivity index (χ2n) is 6.28. The summed E-state index contributed by atoms with van der Waals surface area (Å²) in [7, 11) is -3.43. The lowest BCUT2D eigenvalue weighted by Gasteiger charge is -2.31. The minimum atomic E-state index is -3.43. The van der Waals surface area contributed by atoms with Crippen molar-refractivity contribution in [3.05, 3.63) is 24.3 Å². The highest BCUT2D eigenvalue weighted by Gasteiger charge is 2.29. The molecule has 23 heavy (non-hydrogen) atoms. The van der Waals surface area contributed by atoms with E-state index in [2.05, 4.69) is 13.8 Å². The van der Waals surface area contributed by atoms with Crippen LogP contribution in [0, 0.1) is 11.8 Å². The molecule has 1 aromatic carbocycles. The van der Waals surface area contributed by atoms with Crippen LogP contribution in [0.15, 0.2) is 29.2 Å². The first-order valence-electron chi connectivity index (χ1n) is 7.86. The molecule has 2 rings (SSSR count). The van der Waals surface area contributed by atoms with E-state index < -0.39 is 10.0 Å². The van der Waals surface area contributed by atoms with Crippen molar-refractivity contribution in [3.63, 3.8) is 0 Å². The van der Waals surface area contributed by atoms with Crippen molar-refractivity contribution in [2.75, 3.05) is 26.2 Å². The van der Waals surface area contributed by atoms with Gasteiger partial charge in [-0.1, -0.05) is 13.8 Å². The molecule has 1 fully saturated rings. The van der Waals surface area contributed by atoms with Gasteiger partial charge in [0.25, 0.3) is 0 Å². The third kappa shape index (κ3) is 5.35. The molecule has 1 saturated heterocycles. The Morgan fingerprint density at radius 1 is 1.30 bits per heavy atom. The van der Waals surface area contributed by atoms with Gasteiger partial charge in [-0.25, -0.2) is 8.42 Å². The SMILES string of the molecule is CC(C)COc1ccc(S(=O)(=O)N2CCCC(CN)C2)cc1.Cl. The summed E-state index contributed by atoms with van der Waals surface area (Å²) < 4.78 is 32.5. The summed E-state index contributed by atoms with van der Waals surface area (Å²) in [5, 5.41) is 0. The first kappa shape index (κ1) is 20.2. The highest BCUT2D eigenvalue weighted by molar-refractivity contribution is 7.89. The maximum Gasteiger partial charge on any atom is 0.243 e. The smallest absolute Gasteiger partial charge is 0.243 e. The van der Waals surface area contributed by atoms with Crippen molar-refractivity contribution >= 4 is 22.4 Å². The summed E-state index contributed by atoms with van der Waals surface area (Å²) in [5.74, 6) is 1.40. The average molecular weight is 363 g/mol. The van der Waals surface area contributed by atoms with E-state index in [1.54, 1.807) is 28.6 Å². The van der Waals surface area contributed by atoms with Gasteiger partial charge in [-0.05, 0) is 55.5 Å². The van der Waals surface area contributed by atoms with Gasteiger partial charge in [0.2, 0.25) is 10.0 Å².